The van der Waals surface area contributed by atoms with Crippen molar-refractivity contribution in [2.75, 3.05) is 0 Å². The Morgan fingerprint density at radius 3 is 2.56 bits per heavy atom. The molecular weight excluding hydrogens is 108 g/mol. The van der Waals surface area contributed by atoms with E-state index in [1.807, 2.05) is 0 Å². The fourth-order valence-corrected chi connectivity index (χ4v) is 0.588. The summed E-state index contributed by atoms with van der Waals surface area (Å²) in [5.41, 5.74) is 0. The third-order valence-electron chi connectivity index (χ3n) is 1.11. The van der Waals surface area contributed by atoms with Crippen LogP contribution in [0.5, 0.6) is 0 Å². The highest BCUT2D eigenvalue weighted by molar-refractivity contribution is 4.81. The Morgan fingerprint density at radius 1 is 1.33 bits per heavy atom. The second-order valence-electron chi connectivity index (χ2n) is 2.05. The summed E-state index contributed by atoms with van der Waals surface area (Å²) in [5, 5.41) is 0. The summed E-state index contributed by atoms with van der Waals surface area (Å²) in [5.74, 6) is 0. The van der Waals surface area contributed by atoms with Crippen LogP contribution in [-0.4, -0.2) is 0 Å². The molecule has 0 rings (SSSR count). The molecule has 0 N–H and O–H groups in total. The molecule has 0 saturated carbocycles. The van der Waals surface area contributed by atoms with Crippen molar-refractivity contribution in [2.45, 2.75) is 32.6 Å². The Kier molecular flexibility index (Phi) is 7.05. The second kappa shape index (κ2) is 7.48. The van der Waals surface area contributed by atoms with Gasteiger partial charge in [-0.3, -0.25) is 0 Å². The zero-order valence-corrected chi connectivity index (χ0v) is 6.19. The molecule has 0 heteroatoms. The van der Waals surface area contributed by atoms with Crippen molar-refractivity contribution in [2.24, 2.45) is 0 Å². The first-order valence-electron chi connectivity index (χ1n) is 3.56. The molecule has 0 aromatic rings. The van der Waals surface area contributed by atoms with Crippen molar-refractivity contribution in [1.82, 2.24) is 0 Å². The Morgan fingerprint density at radius 2 is 2.00 bits per heavy atom. The molecule has 0 amide bonds. The number of hydrogen-bond acceptors (Lipinski definition) is 0. The molecule has 0 aromatic carbocycles. The fourth-order valence-electron chi connectivity index (χ4n) is 0.588. The molecule has 0 bridgehead atoms. The van der Waals surface area contributed by atoms with E-state index in [1.54, 1.807) is 0 Å². The molecular formula is C9H15. The zero-order chi connectivity index (χ0) is 6.95. The van der Waals surface area contributed by atoms with Crippen molar-refractivity contribution in [3.05, 3.63) is 24.8 Å². The number of unbranched alkanes of at least 4 members (excludes halogenated alkanes) is 2. The first-order valence-corrected chi connectivity index (χ1v) is 3.56. The van der Waals surface area contributed by atoms with Crippen molar-refractivity contribution in [1.29, 1.82) is 0 Å². The maximum absolute atomic E-state index is 3.52. The molecule has 0 aliphatic heterocycles. The van der Waals surface area contributed by atoms with Crippen LogP contribution < -0.4 is 0 Å². The predicted octanol–water partition coefficient (Wildman–Crippen LogP) is 3.11. The molecule has 0 nitrogen and oxygen atoms in total. The van der Waals surface area contributed by atoms with Gasteiger partial charge in [0, 0.05) is 0 Å². The van der Waals surface area contributed by atoms with Crippen LogP contribution in [0.2, 0.25) is 0 Å². The van der Waals surface area contributed by atoms with Gasteiger partial charge in [0.2, 0.25) is 0 Å². The van der Waals surface area contributed by atoms with Gasteiger partial charge in [-0.25, -0.2) is 0 Å². The van der Waals surface area contributed by atoms with Crippen LogP contribution in [0.3, 0.4) is 0 Å². The Balaban J connectivity index is 2.94. The van der Waals surface area contributed by atoms with Crippen LogP contribution >= 0.6 is 0 Å². The molecule has 0 aromatic heterocycles. The van der Waals surface area contributed by atoms with Crippen molar-refractivity contribution >= 4 is 0 Å². The summed E-state index contributed by atoms with van der Waals surface area (Å²) in [6.45, 7) is 5.70. The largest absolute Gasteiger partial charge is 0.0956 e. The lowest BCUT2D eigenvalue weighted by Crippen LogP contribution is -1.64. The van der Waals surface area contributed by atoms with Crippen LogP contribution in [-0.2, 0) is 0 Å². The van der Waals surface area contributed by atoms with Crippen molar-refractivity contribution < 1.29 is 0 Å². The highest BCUT2D eigenvalue weighted by Gasteiger charge is 1.74. The summed E-state index contributed by atoms with van der Waals surface area (Å²) < 4.78 is 0. The topological polar surface area (TPSA) is 0 Å². The van der Waals surface area contributed by atoms with Crippen LogP contribution in [0.25, 0.3) is 0 Å². The number of hydrogen-bond donors (Lipinski definition) is 0. The van der Waals surface area contributed by atoms with E-state index < -0.39 is 0 Å². The lowest BCUT2D eigenvalue weighted by molar-refractivity contribution is 0.941. The summed E-state index contributed by atoms with van der Waals surface area (Å²) in [6.07, 6.45) is 11.8. The third kappa shape index (κ3) is 7.48. The molecule has 0 aliphatic carbocycles. The monoisotopic (exact) mass is 123 g/mol. The van der Waals surface area contributed by atoms with Gasteiger partial charge in [0.05, 0.1) is 0 Å². The Hall–Kier alpha value is -0.520. The first kappa shape index (κ1) is 8.48. The van der Waals surface area contributed by atoms with E-state index in [0.717, 1.165) is 12.8 Å². The average molecular weight is 123 g/mol. The highest BCUT2D eigenvalue weighted by Crippen LogP contribution is 1.93. The summed E-state index contributed by atoms with van der Waals surface area (Å²) in [6, 6.07) is 0. The van der Waals surface area contributed by atoms with Crippen LogP contribution in [0.1, 0.15) is 32.6 Å². The van der Waals surface area contributed by atoms with E-state index in [-0.39, 0.29) is 0 Å². The molecule has 0 heterocycles. The van der Waals surface area contributed by atoms with Gasteiger partial charge < -0.3 is 0 Å². The Bertz CT molecular complexity index is 80.0. The maximum atomic E-state index is 3.52. The maximum Gasteiger partial charge on any atom is -0.0248 e. The van der Waals surface area contributed by atoms with E-state index in [2.05, 4.69) is 31.7 Å². The standard InChI is InChI=1S/C9H15/c1-3-5-7-9-8-6-4-2/h8-9H,1,4-7H2,2H3/b9-8+. The van der Waals surface area contributed by atoms with Gasteiger partial charge in [0.25, 0.3) is 0 Å². The van der Waals surface area contributed by atoms with Gasteiger partial charge in [0.15, 0.2) is 0 Å². The molecule has 1 radical (unpaired) electrons. The average Bonchev–Trinajstić information content (AvgIpc) is 1.89. The van der Waals surface area contributed by atoms with E-state index in [4.69, 9.17) is 0 Å². The molecule has 0 unspecified atom stereocenters. The van der Waals surface area contributed by atoms with Crippen molar-refractivity contribution in [3.8, 4) is 0 Å². The van der Waals surface area contributed by atoms with Gasteiger partial charge in [-0.15, -0.1) is 0 Å². The lowest BCUT2D eigenvalue weighted by Gasteiger charge is -1.84. The molecule has 0 spiro atoms. The molecule has 0 atom stereocenters. The van der Waals surface area contributed by atoms with Gasteiger partial charge in [-0.1, -0.05) is 38.2 Å². The normalized spacial score (nSPS) is 10.3. The fraction of sp³-hybridized carbons (Fsp3) is 0.556. The van der Waals surface area contributed by atoms with E-state index in [1.165, 1.54) is 12.8 Å². The molecule has 0 aliphatic rings. The minimum Gasteiger partial charge on any atom is -0.0956 e. The van der Waals surface area contributed by atoms with Crippen LogP contribution in [0.4, 0.5) is 0 Å². The minimum absolute atomic E-state index is 0.986. The summed E-state index contributed by atoms with van der Waals surface area (Å²) in [7, 11) is 0. The minimum atomic E-state index is 0.986. The second-order valence-corrected chi connectivity index (χ2v) is 2.05. The molecule has 9 heavy (non-hydrogen) atoms. The number of rotatable bonds is 5. The van der Waals surface area contributed by atoms with Gasteiger partial charge >= 0.3 is 0 Å². The van der Waals surface area contributed by atoms with Crippen LogP contribution in [0.15, 0.2) is 18.7 Å². The van der Waals surface area contributed by atoms with E-state index >= 15 is 0 Å². The quantitative estimate of drug-likeness (QED) is 0.389. The third-order valence-corrected chi connectivity index (χ3v) is 1.11. The lowest BCUT2D eigenvalue weighted by atomic mass is 10.2. The SMILES string of the molecule is C=[C]CC/C=C/CCC. The van der Waals surface area contributed by atoms with E-state index in [0.29, 0.717) is 0 Å². The molecule has 0 saturated heterocycles. The summed E-state index contributed by atoms with van der Waals surface area (Å²) >= 11 is 0. The Labute approximate surface area is 58.3 Å². The first-order chi connectivity index (χ1) is 4.41. The molecule has 0 fully saturated rings. The molecule has 51 valence electrons. The van der Waals surface area contributed by atoms with Crippen LogP contribution in [0, 0.1) is 6.08 Å². The zero-order valence-electron chi connectivity index (χ0n) is 6.19. The highest BCUT2D eigenvalue weighted by atomic mass is 13.8. The summed E-state index contributed by atoms with van der Waals surface area (Å²) in [4.78, 5) is 0. The predicted molar refractivity (Wildman–Crippen MR) is 42.2 cm³/mol. The van der Waals surface area contributed by atoms with Gasteiger partial charge in [-0.05, 0) is 19.3 Å². The number of allylic oxidation sites excluding steroid dienone is 3. The smallest absolute Gasteiger partial charge is 0.0248 e. The van der Waals surface area contributed by atoms with Gasteiger partial charge in [-0.2, -0.15) is 0 Å². The van der Waals surface area contributed by atoms with E-state index in [9.17, 15) is 0 Å². The van der Waals surface area contributed by atoms with Gasteiger partial charge in [0.1, 0.15) is 0 Å². The van der Waals surface area contributed by atoms with Crippen molar-refractivity contribution in [3.63, 3.8) is 0 Å².